The Morgan fingerprint density at radius 2 is 1.93 bits per heavy atom. The van der Waals surface area contributed by atoms with E-state index in [0.717, 1.165) is 16.8 Å². The molecule has 0 radical (unpaired) electrons. The number of carbonyl (C=O) groups is 3. The molecule has 0 amide bonds. The van der Waals surface area contributed by atoms with Crippen LogP contribution in [0.5, 0.6) is 0 Å². The van der Waals surface area contributed by atoms with Crippen LogP contribution in [0, 0.1) is 6.92 Å². The minimum Gasteiger partial charge on any atom is -0.463 e. The number of aliphatic imine (C=N–C) groups is 1. The van der Waals surface area contributed by atoms with Gasteiger partial charge in [-0.2, -0.15) is 0 Å². The minimum absolute atomic E-state index is 0.0918. The molecule has 0 aromatic heterocycles. The minimum atomic E-state index is -0.945. The number of benzene rings is 1. The van der Waals surface area contributed by atoms with Crippen molar-refractivity contribution in [2.24, 2.45) is 4.99 Å². The van der Waals surface area contributed by atoms with Gasteiger partial charge in [-0.05, 0) is 39.3 Å². The van der Waals surface area contributed by atoms with E-state index in [-0.39, 0.29) is 11.7 Å². The van der Waals surface area contributed by atoms with Gasteiger partial charge in [-0.1, -0.05) is 11.6 Å². The van der Waals surface area contributed by atoms with E-state index in [2.05, 4.69) is 9.73 Å². The number of hydrogen-bond donors (Lipinski definition) is 0. The number of methoxy groups -OCH3 is 1. The highest BCUT2D eigenvalue weighted by Gasteiger charge is 2.41. The lowest BCUT2D eigenvalue weighted by Crippen LogP contribution is -2.43. The van der Waals surface area contributed by atoms with Gasteiger partial charge in [0.1, 0.15) is 17.4 Å². The SMILES string of the molecule is COC(=O)C(=O)C1=NCCN2c3c(cc(C)cc31)CC2C(=O)OC(C)(C)C. The van der Waals surface area contributed by atoms with Crippen LogP contribution in [-0.2, 0) is 30.3 Å². The number of nitrogens with zero attached hydrogens (tertiary/aromatic N) is 2. The van der Waals surface area contributed by atoms with Gasteiger partial charge < -0.3 is 14.4 Å². The Hall–Kier alpha value is -2.70. The molecule has 0 saturated carbocycles. The molecular formula is C20H24N2O5. The normalized spacial score (nSPS) is 18.3. The number of ether oxygens (including phenoxy) is 2. The fourth-order valence-corrected chi connectivity index (χ4v) is 3.59. The highest BCUT2D eigenvalue weighted by molar-refractivity contribution is 6.67. The molecule has 1 aromatic carbocycles. The van der Waals surface area contributed by atoms with E-state index in [1.165, 1.54) is 7.11 Å². The van der Waals surface area contributed by atoms with Crippen LogP contribution in [0.2, 0.25) is 0 Å². The largest absolute Gasteiger partial charge is 0.463 e. The van der Waals surface area contributed by atoms with Crippen LogP contribution in [-0.4, -0.2) is 55.3 Å². The highest BCUT2D eigenvalue weighted by Crippen LogP contribution is 2.38. The Morgan fingerprint density at radius 1 is 1.22 bits per heavy atom. The summed E-state index contributed by atoms with van der Waals surface area (Å²) in [6.07, 6.45) is 0.499. The summed E-state index contributed by atoms with van der Waals surface area (Å²) < 4.78 is 10.2. The van der Waals surface area contributed by atoms with E-state index in [1.807, 2.05) is 44.7 Å². The predicted molar refractivity (Wildman–Crippen MR) is 100 cm³/mol. The number of anilines is 1. The molecule has 0 N–H and O–H groups in total. The second-order valence-corrected chi connectivity index (χ2v) is 7.82. The topological polar surface area (TPSA) is 85.3 Å². The number of aryl methyl sites for hydroxylation is 1. The Balaban J connectivity index is 2.04. The van der Waals surface area contributed by atoms with E-state index in [1.54, 1.807) is 0 Å². The van der Waals surface area contributed by atoms with Crippen LogP contribution in [0.15, 0.2) is 17.1 Å². The Morgan fingerprint density at radius 3 is 2.56 bits per heavy atom. The monoisotopic (exact) mass is 372 g/mol. The van der Waals surface area contributed by atoms with Crippen molar-refractivity contribution in [2.75, 3.05) is 25.1 Å². The molecule has 0 spiro atoms. The molecule has 0 fully saturated rings. The second-order valence-electron chi connectivity index (χ2n) is 7.82. The third-order valence-corrected chi connectivity index (χ3v) is 4.54. The second kappa shape index (κ2) is 6.79. The van der Waals surface area contributed by atoms with Gasteiger partial charge >= 0.3 is 11.9 Å². The maximum absolute atomic E-state index is 12.8. The first-order valence-electron chi connectivity index (χ1n) is 8.93. The molecule has 2 aliphatic rings. The van der Waals surface area contributed by atoms with Crippen LogP contribution in [0.4, 0.5) is 5.69 Å². The van der Waals surface area contributed by atoms with Crippen LogP contribution in [0.3, 0.4) is 0 Å². The van der Waals surface area contributed by atoms with Crippen molar-refractivity contribution in [3.8, 4) is 0 Å². The molecule has 2 aliphatic heterocycles. The molecule has 0 aliphatic carbocycles. The summed E-state index contributed by atoms with van der Waals surface area (Å²) in [6, 6.07) is 3.36. The zero-order chi connectivity index (χ0) is 19.9. The number of rotatable bonds is 3. The summed E-state index contributed by atoms with van der Waals surface area (Å²) in [7, 11) is 1.17. The summed E-state index contributed by atoms with van der Waals surface area (Å²) in [6.45, 7) is 8.17. The summed E-state index contributed by atoms with van der Waals surface area (Å²) in [5, 5.41) is 0. The van der Waals surface area contributed by atoms with E-state index >= 15 is 0 Å². The first-order chi connectivity index (χ1) is 12.6. The van der Waals surface area contributed by atoms with Crippen molar-refractivity contribution in [1.29, 1.82) is 0 Å². The van der Waals surface area contributed by atoms with E-state index < -0.39 is 23.4 Å². The first-order valence-corrected chi connectivity index (χ1v) is 8.93. The van der Waals surface area contributed by atoms with Gasteiger partial charge in [-0.25, -0.2) is 9.59 Å². The van der Waals surface area contributed by atoms with Crippen molar-refractivity contribution >= 4 is 29.1 Å². The van der Waals surface area contributed by atoms with Gasteiger partial charge in [0.05, 0.1) is 19.3 Å². The van der Waals surface area contributed by atoms with Crippen LogP contribution >= 0.6 is 0 Å². The lowest BCUT2D eigenvalue weighted by Gasteiger charge is -2.29. The molecule has 27 heavy (non-hydrogen) atoms. The lowest BCUT2D eigenvalue weighted by atomic mass is 9.97. The molecule has 0 saturated heterocycles. The molecule has 1 aromatic rings. The lowest BCUT2D eigenvalue weighted by molar-refractivity contribution is -0.156. The third-order valence-electron chi connectivity index (χ3n) is 4.54. The summed E-state index contributed by atoms with van der Waals surface area (Å²) in [5.74, 6) is -2.02. The molecule has 0 bridgehead atoms. The summed E-state index contributed by atoms with van der Waals surface area (Å²) in [4.78, 5) is 43.3. The smallest absolute Gasteiger partial charge is 0.381 e. The van der Waals surface area contributed by atoms with Crippen LogP contribution < -0.4 is 4.90 Å². The van der Waals surface area contributed by atoms with E-state index in [0.29, 0.717) is 25.1 Å². The maximum atomic E-state index is 12.8. The molecule has 7 nitrogen and oxygen atoms in total. The quantitative estimate of drug-likeness (QED) is 0.592. The summed E-state index contributed by atoms with van der Waals surface area (Å²) in [5.41, 5.74) is 2.75. The van der Waals surface area contributed by atoms with Crippen molar-refractivity contribution < 1.29 is 23.9 Å². The van der Waals surface area contributed by atoms with Crippen molar-refractivity contribution in [3.63, 3.8) is 0 Å². The number of Topliss-reactive ketones (excluding diaryl/α,β-unsaturated/α-hetero) is 1. The molecule has 144 valence electrons. The number of carbonyl (C=O) groups excluding carboxylic acids is 3. The number of ketones is 1. The van der Waals surface area contributed by atoms with Gasteiger partial charge in [0.2, 0.25) is 0 Å². The van der Waals surface area contributed by atoms with Crippen molar-refractivity contribution in [3.05, 3.63) is 28.8 Å². The van der Waals surface area contributed by atoms with Crippen molar-refractivity contribution in [1.82, 2.24) is 0 Å². The Kier molecular flexibility index (Phi) is 4.80. The van der Waals surface area contributed by atoms with Crippen molar-refractivity contribution in [2.45, 2.75) is 45.8 Å². The van der Waals surface area contributed by atoms with Gasteiger partial charge in [0.25, 0.3) is 5.78 Å². The average Bonchev–Trinajstić information content (AvgIpc) is 2.82. The zero-order valence-electron chi connectivity index (χ0n) is 16.3. The van der Waals surface area contributed by atoms with Gasteiger partial charge in [0.15, 0.2) is 0 Å². The molecular weight excluding hydrogens is 348 g/mol. The molecule has 2 heterocycles. The van der Waals surface area contributed by atoms with E-state index in [9.17, 15) is 14.4 Å². The summed E-state index contributed by atoms with van der Waals surface area (Å²) >= 11 is 0. The average molecular weight is 372 g/mol. The third kappa shape index (κ3) is 3.59. The van der Waals surface area contributed by atoms with Crippen LogP contribution in [0.1, 0.15) is 37.5 Å². The van der Waals surface area contributed by atoms with Gasteiger partial charge in [-0.15, -0.1) is 0 Å². The standard InChI is InChI=1S/C20H24N2O5/c1-11-8-12-10-14(18(24)27-20(2,3)4)22-7-6-21-15(13(9-11)16(12)22)17(23)19(25)26-5/h8-9,14H,6-7,10H2,1-5H3. The molecule has 7 heteroatoms. The fourth-order valence-electron chi connectivity index (χ4n) is 3.59. The van der Waals surface area contributed by atoms with Gasteiger partial charge in [0, 0.05) is 18.5 Å². The molecule has 3 rings (SSSR count). The fraction of sp³-hybridized carbons (Fsp3) is 0.500. The van der Waals surface area contributed by atoms with E-state index in [4.69, 9.17) is 4.74 Å². The van der Waals surface area contributed by atoms with Crippen LogP contribution in [0.25, 0.3) is 0 Å². The number of esters is 2. The maximum Gasteiger partial charge on any atom is 0.381 e. The molecule has 1 unspecified atom stereocenters. The predicted octanol–water partition coefficient (Wildman–Crippen LogP) is 1.61. The Labute approximate surface area is 158 Å². The highest BCUT2D eigenvalue weighted by atomic mass is 16.6. The Bertz CT molecular complexity index is 851. The first kappa shape index (κ1) is 19.1. The molecule has 1 atom stereocenters. The number of hydrogen-bond acceptors (Lipinski definition) is 7. The van der Waals surface area contributed by atoms with Gasteiger partial charge in [-0.3, -0.25) is 9.79 Å². The zero-order valence-corrected chi connectivity index (χ0v) is 16.3.